The third-order valence-electron chi connectivity index (χ3n) is 2.56. The second kappa shape index (κ2) is 6.17. The molecule has 1 aromatic carbocycles. The average Bonchev–Trinajstić information content (AvgIpc) is 2.60. The molecule has 0 saturated heterocycles. The zero-order valence-electron chi connectivity index (χ0n) is 10.1. The number of benzene rings is 1. The van der Waals surface area contributed by atoms with E-state index in [9.17, 15) is 0 Å². The highest BCUT2D eigenvalue weighted by Gasteiger charge is 2.13. The lowest BCUT2D eigenvalue weighted by Crippen LogP contribution is -2.14. The van der Waals surface area contributed by atoms with Gasteiger partial charge in [0.15, 0.2) is 11.5 Å². The van der Waals surface area contributed by atoms with E-state index in [1.54, 1.807) is 0 Å². The first-order valence-electron chi connectivity index (χ1n) is 5.89. The third kappa shape index (κ3) is 3.15. The molecule has 0 fully saturated rings. The number of nitrogens with one attached hydrogen (secondary N) is 1. The molecule has 90 valence electrons. The summed E-state index contributed by atoms with van der Waals surface area (Å²) in [6, 6.07) is 6.01. The van der Waals surface area contributed by atoms with Crippen LogP contribution < -0.4 is 14.8 Å². The van der Waals surface area contributed by atoms with Crippen molar-refractivity contribution in [1.29, 1.82) is 0 Å². The lowest BCUT2D eigenvalue weighted by Gasteiger charge is -2.12. The summed E-state index contributed by atoms with van der Waals surface area (Å²) in [7, 11) is 0. The van der Waals surface area contributed by atoms with Crippen LogP contribution in [-0.4, -0.2) is 19.8 Å². The van der Waals surface area contributed by atoms with Crippen LogP contribution in [0, 0.1) is 11.8 Å². The molecule has 0 unspecified atom stereocenters. The van der Waals surface area contributed by atoms with Crippen LogP contribution in [0.1, 0.15) is 18.9 Å². The van der Waals surface area contributed by atoms with Crippen LogP contribution in [0.3, 0.4) is 0 Å². The minimum Gasteiger partial charge on any atom is -0.490 e. The van der Waals surface area contributed by atoms with Gasteiger partial charge in [-0.3, -0.25) is 0 Å². The molecular weight excluding hydrogens is 214 g/mol. The van der Waals surface area contributed by atoms with Crippen LogP contribution >= 0.6 is 0 Å². The normalized spacial score (nSPS) is 13.5. The van der Waals surface area contributed by atoms with E-state index >= 15 is 0 Å². The topological polar surface area (TPSA) is 30.5 Å². The van der Waals surface area contributed by atoms with Crippen molar-refractivity contribution in [3.05, 3.63) is 23.8 Å². The Labute approximate surface area is 102 Å². The van der Waals surface area contributed by atoms with Crippen molar-refractivity contribution in [2.75, 3.05) is 19.8 Å². The minimum atomic E-state index is 0.695. The number of fused-ring (bicyclic) bond motifs is 1. The van der Waals surface area contributed by atoms with Gasteiger partial charge in [0.05, 0.1) is 19.8 Å². The first kappa shape index (κ1) is 11.8. The highest BCUT2D eigenvalue weighted by molar-refractivity contribution is 5.47. The van der Waals surface area contributed by atoms with E-state index in [0.29, 0.717) is 6.54 Å². The molecule has 0 aliphatic carbocycles. The molecule has 17 heavy (non-hydrogen) atoms. The van der Waals surface area contributed by atoms with Crippen molar-refractivity contribution >= 4 is 0 Å². The smallest absolute Gasteiger partial charge is 0.165 e. The Bertz CT molecular complexity index is 432. The van der Waals surface area contributed by atoms with Crippen LogP contribution in [0.25, 0.3) is 0 Å². The molecular formula is C14H17NO2. The summed E-state index contributed by atoms with van der Waals surface area (Å²) in [5.41, 5.74) is 1.13. The second-order valence-corrected chi connectivity index (χ2v) is 3.83. The molecule has 1 aliphatic rings. The van der Waals surface area contributed by atoms with E-state index in [4.69, 9.17) is 9.47 Å². The van der Waals surface area contributed by atoms with E-state index in [0.717, 1.165) is 43.2 Å². The molecule has 0 aromatic heterocycles. The van der Waals surface area contributed by atoms with Crippen LogP contribution in [0.15, 0.2) is 18.2 Å². The van der Waals surface area contributed by atoms with Crippen LogP contribution in [-0.2, 0) is 6.54 Å². The molecule has 1 heterocycles. The van der Waals surface area contributed by atoms with Gasteiger partial charge < -0.3 is 14.8 Å². The summed E-state index contributed by atoms with van der Waals surface area (Å²) in [5.74, 6) is 7.56. The number of hydrogen-bond acceptors (Lipinski definition) is 3. The molecule has 0 spiro atoms. The summed E-state index contributed by atoms with van der Waals surface area (Å²) in [6.45, 7) is 4.74. The number of para-hydroxylation sites is 1. The molecule has 3 nitrogen and oxygen atoms in total. The van der Waals surface area contributed by atoms with Crippen molar-refractivity contribution < 1.29 is 9.47 Å². The van der Waals surface area contributed by atoms with Gasteiger partial charge in [0.2, 0.25) is 0 Å². The van der Waals surface area contributed by atoms with Crippen molar-refractivity contribution in [2.45, 2.75) is 19.9 Å². The van der Waals surface area contributed by atoms with Crippen LogP contribution in [0.5, 0.6) is 11.5 Å². The van der Waals surface area contributed by atoms with Gasteiger partial charge >= 0.3 is 0 Å². The molecule has 0 bridgehead atoms. The first-order chi connectivity index (χ1) is 8.42. The van der Waals surface area contributed by atoms with Crippen LogP contribution in [0.4, 0.5) is 0 Å². The summed E-state index contributed by atoms with van der Waals surface area (Å²) < 4.78 is 11.4. The Kier molecular flexibility index (Phi) is 4.29. The second-order valence-electron chi connectivity index (χ2n) is 3.83. The Hall–Kier alpha value is -1.66. The van der Waals surface area contributed by atoms with Crippen molar-refractivity contribution in [2.24, 2.45) is 0 Å². The van der Waals surface area contributed by atoms with Gasteiger partial charge in [0, 0.05) is 18.5 Å². The summed E-state index contributed by atoms with van der Waals surface area (Å²) in [6.07, 6.45) is 0.933. The molecule has 1 aliphatic heterocycles. The van der Waals surface area contributed by atoms with E-state index < -0.39 is 0 Å². The Morgan fingerprint density at radius 2 is 2.18 bits per heavy atom. The Morgan fingerprint density at radius 1 is 1.29 bits per heavy atom. The molecule has 0 saturated carbocycles. The maximum atomic E-state index is 5.74. The maximum absolute atomic E-state index is 5.74. The third-order valence-corrected chi connectivity index (χ3v) is 2.56. The molecule has 3 heteroatoms. The first-order valence-corrected chi connectivity index (χ1v) is 5.89. The Morgan fingerprint density at radius 3 is 3.06 bits per heavy atom. The van der Waals surface area contributed by atoms with Gasteiger partial charge in [-0.1, -0.05) is 18.1 Å². The molecule has 0 radical (unpaired) electrons. The van der Waals surface area contributed by atoms with E-state index in [-0.39, 0.29) is 0 Å². The van der Waals surface area contributed by atoms with E-state index in [1.807, 2.05) is 19.1 Å². The van der Waals surface area contributed by atoms with Crippen molar-refractivity contribution in [1.82, 2.24) is 5.32 Å². The van der Waals surface area contributed by atoms with Gasteiger partial charge in [-0.15, -0.1) is 5.92 Å². The summed E-state index contributed by atoms with van der Waals surface area (Å²) in [4.78, 5) is 0. The average molecular weight is 231 g/mol. The number of ether oxygens (including phenoxy) is 2. The standard InChI is InChI=1S/C14H17NO2/c1-2-3-8-15-11-12-6-4-7-13-14(12)17-10-5-9-16-13/h4,6-7,15H,5,8-11H2,1H3. The zero-order valence-corrected chi connectivity index (χ0v) is 10.1. The minimum absolute atomic E-state index is 0.695. The van der Waals surface area contributed by atoms with Gasteiger partial charge in [-0.2, -0.15) is 0 Å². The van der Waals surface area contributed by atoms with Gasteiger partial charge in [0.1, 0.15) is 0 Å². The monoisotopic (exact) mass is 231 g/mol. The summed E-state index contributed by atoms with van der Waals surface area (Å²) in [5, 5.41) is 3.26. The summed E-state index contributed by atoms with van der Waals surface area (Å²) >= 11 is 0. The molecule has 0 amide bonds. The van der Waals surface area contributed by atoms with Gasteiger partial charge in [-0.05, 0) is 13.0 Å². The zero-order chi connectivity index (χ0) is 11.9. The number of hydrogen-bond donors (Lipinski definition) is 1. The fraction of sp³-hybridized carbons (Fsp3) is 0.429. The fourth-order valence-corrected chi connectivity index (χ4v) is 1.74. The quantitative estimate of drug-likeness (QED) is 0.637. The maximum Gasteiger partial charge on any atom is 0.165 e. The van der Waals surface area contributed by atoms with E-state index in [2.05, 4.69) is 23.2 Å². The Balaban J connectivity index is 2.07. The van der Waals surface area contributed by atoms with Gasteiger partial charge in [0.25, 0.3) is 0 Å². The molecule has 1 aromatic rings. The lowest BCUT2D eigenvalue weighted by atomic mass is 10.2. The predicted octanol–water partition coefficient (Wildman–Crippen LogP) is 1.96. The molecule has 0 atom stereocenters. The van der Waals surface area contributed by atoms with Crippen molar-refractivity contribution in [3.63, 3.8) is 0 Å². The SMILES string of the molecule is CC#CCNCc1cccc2c1OCCCO2. The largest absolute Gasteiger partial charge is 0.490 e. The van der Waals surface area contributed by atoms with Gasteiger partial charge in [-0.25, -0.2) is 0 Å². The number of rotatable bonds is 3. The lowest BCUT2D eigenvalue weighted by molar-refractivity contribution is 0.296. The molecule has 2 rings (SSSR count). The van der Waals surface area contributed by atoms with Crippen molar-refractivity contribution in [3.8, 4) is 23.3 Å². The predicted molar refractivity (Wildman–Crippen MR) is 67.2 cm³/mol. The highest BCUT2D eigenvalue weighted by atomic mass is 16.5. The van der Waals surface area contributed by atoms with E-state index in [1.165, 1.54) is 0 Å². The molecule has 1 N–H and O–H groups in total. The fourth-order valence-electron chi connectivity index (χ4n) is 1.74. The van der Waals surface area contributed by atoms with Crippen LogP contribution in [0.2, 0.25) is 0 Å². The highest BCUT2D eigenvalue weighted by Crippen LogP contribution is 2.32.